The van der Waals surface area contributed by atoms with Gasteiger partial charge in [0.25, 0.3) is 0 Å². The molecule has 3 aromatic heterocycles. The fraction of sp³-hybridized carbons (Fsp3) is 0.200. The number of fused-ring (bicyclic) bond motifs is 1. The highest BCUT2D eigenvalue weighted by atomic mass is 127. The lowest BCUT2D eigenvalue weighted by atomic mass is 10.2. The topological polar surface area (TPSA) is 85.8 Å². The molecule has 1 aromatic carbocycles. The van der Waals surface area contributed by atoms with Crippen molar-refractivity contribution in [1.29, 1.82) is 0 Å². The molecule has 4 rings (SSSR count). The zero-order chi connectivity index (χ0) is 19.7. The fourth-order valence-electron chi connectivity index (χ4n) is 3.21. The van der Waals surface area contributed by atoms with E-state index in [0.29, 0.717) is 12.2 Å². The molecule has 0 unspecified atom stereocenters. The first-order valence-corrected chi connectivity index (χ1v) is 9.95. The van der Waals surface area contributed by atoms with E-state index in [2.05, 4.69) is 56.2 Å². The Kier molecular flexibility index (Phi) is 5.12. The number of pyridine rings is 1. The number of hydrogen-bond acceptors (Lipinski definition) is 4. The zero-order valence-corrected chi connectivity index (χ0v) is 17.4. The minimum absolute atomic E-state index is 0.0778. The van der Waals surface area contributed by atoms with Gasteiger partial charge in [-0.1, -0.05) is 0 Å². The van der Waals surface area contributed by atoms with E-state index in [9.17, 15) is 4.79 Å². The SMILES string of the molecule is CCn1c(-c2ccc(Cn3cnc(CC(=O)O)c3)nc2)nc2ccc(I)cc21. The number of carboxylic acid groups (broad SMARTS) is 1. The van der Waals surface area contributed by atoms with Crippen LogP contribution in [0.3, 0.4) is 0 Å². The van der Waals surface area contributed by atoms with Crippen LogP contribution in [-0.4, -0.2) is 35.2 Å². The number of imidazole rings is 2. The van der Waals surface area contributed by atoms with Crippen molar-refractivity contribution in [1.82, 2.24) is 24.1 Å². The van der Waals surface area contributed by atoms with Gasteiger partial charge in [0.1, 0.15) is 5.82 Å². The molecular weight excluding hydrogens is 469 g/mol. The molecule has 142 valence electrons. The first kappa shape index (κ1) is 18.6. The summed E-state index contributed by atoms with van der Waals surface area (Å²) in [5.41, 5.74) is 4.48. The van der Waals surface area contributed by atoms with Gasteiger partial charge in [-0.3, -0.25) is 9.78 Å². The van der Waals surface area contributed by atoms with E-state index in [1.807, 2.05) is 29.0 Å². The molecule has 0 bridgehead atoms. The monoisotopic (exact) mass is 487 g/mol. The summed E-state index contributed by atoms with van der Waals surface area (Å²) in [6.45, 7) is 3.48. The quantitative estimate of drug-likeness (QED) is 0.421. The van der Waals surface area contributed by atoms with Crippen molar-refractivity contribution < 1.29 is 9.90 Å². The van der Waals surface area contributed by atoms with E-state index in [1.165, 1.54) is 3.57 Å². The summed E-state index contributed by atoms with van der Waals surface area (Å²) >= 11 is 2.31. The standard InChI is InChI=1S/C20H18IN5O2/c1-2-26-18-7-14(21)4-6-17(18)24-20(26)13-3-5-15(22-9-13)10-25-11-16(23-12-25)8-19(27)28/h3-7,9,11-12H,2,8,10H2,1H3,(H,27,28). The summed E-state index contributed by atoms with van der Waals surface area (Å²) in [6, 6.07) is 10.2. The lowest BCUT2D eigenvalue weighted by Crippen LogP contribution is -2.02. The van der Waals surface area contributed by atoms with Crippen molar-refractivity contribution in [3.8, 4) is 11.4 Å². The van der Waals surface area contributed by atoms with Crippen molar-refractivity contribution in [2.45, 2.75) is 26.4 Å². The molecule has 28 heavy (non-hydrogen) atoms. The number of aromatic nitrogens is 5. The Labute approximate surface area is 175 Å². The predicted molar refractivity (Wildman–Crippen MR) is 114 cm³/mol. The molecule has 0 amide bonds. The summed E-state index contributed by atoms with van der Waals surface area (Å²) in [7, 11) is 0. The molecule has 0 spiro atoms. The third-order valence-electron chi connectivity index (χ3n) is 4.47. The molecule has 0 fully saturated rings. The Morgan fingerprint density at radius 2 is 2.04 bits per heavy atom. The van der Waals surface area contributed by atoms with E-state index in [-0.39, 0.29) is 6.42 Å². The minimum Gasteiger partial charge on any atom is -0.481 e. The van der Waals surface area contributed by atoms with Gasteiger partial charge in [0.2, 0.25) is 0 Å². The summed E-state index contributed by atoms with van der Waals surface area (Å²) in [4.78, 5) is 24.2. The second-order valence-corrected chi connectivity index (χ2v) is 7.70. The average molecular weight is 487 g/mol. The van der Waals surface area contributed by atoms with Crippen LogP contribution in [0.25, 0.3) is 22.4 Å². The van der Waals surface area contributed by atoms with E-state index >= 15 is 0 Å². The van der Waals surface area contributed by atoms with Crippen molar-refractivity contribution in [3.05, 3.63) is 64.0 Å². The molecule has 0 aliphatic carbocycles. The summed E-state index contributed by atoms with van der Waals surface area (Å²) in [5, 5.41) is 8.85. The Bertz CT molecular complexity index is 1150. The lowest BCUT2D eigenvalue weighted by molar-refractivity contribution is -0.136. The van der Waals surface area contributed by atoms with Crippen LogP contribution in [0.15, 0.2) is 49.1 Å². The Morgan fingerprint density at radius 1 is 1.18 bits per heavy atom. The molecule has 0 saturated carbocycles. The van der Waals surface area contributed by atoms with Crippen LogP contribution in [0.2, 0.25) is 0 Å². The molecule has 1 N–H and O–H groups in total. The highest BCUT2D eigenvalue weighted by Crippen LogP contribution is 2.26. The van der Waals surface area contributed by atoms with Gasteiger partial charge in [-0.15, -0.1) is 0 Å². The van der Waals surface area contributed by atoms with Crippen molar-refractivity contribution in [3.63, 3.8) is 0 Å². The molecule has 0 aliphatic rings. The van der Waals surface area contributed by atoms with E-state index in [4.69, 9.17) is 10.1 Å². The third-order valence-corrected chi connectivity index (χ3v) is 5.14. The van der Waals surface area contributed by atoms with Crippen LogP contribution in [-0.2, 0) is 24.3 Å². The highest BCUT2D eigenvalue weighted by molar-refractivity contribution is 14.1. The molecule has 0 atom stereocenters. The van der Waals surface area contributed by atoms with Crippen molar-refractivity contribution >= 4 is 39.6 Å². The van der Waals surface area contributed by atoms with E-state index < -0.39 is 5.97 Å². The number of aliphatic carboxylic acids is 1. The predicted octanol–water partition coefficient (Wildman–Crippen LogP) is 3.59. The minimum atomic E-state index is -0.888. The number of carbonyl (C=O) groups is 1. The number of nitrogens with zero attached hydrogens (tertiary/aromatic N) is 5. The summed E-state index contributed by atoms with van der Waals surface area (Å²) in [6.07, 6.45) is 5.13. The van der Waals surface area contributed by atoms with Gasteiger partial charge >= 0.3 is 5.97 Å². The van der Waals surface area contributed by atoms with Crippen LogP contribution in [0, 0.1) is 3.57 Å². The lowest BCUT2D eigenvalue weighted by Gasteiger charge is -2.07. The molecule has 4 aromatic rings. The normalized spacial score (nSPS) is 11.2. The number of benzene rings is 1. The maximum Gasteiger partial charge on any atom is 0.309 e. The number of carboxylic acids is 1. The van der Waals surface area contributed by atoms with Gasteiger partial charge in [-0.2, -0.15) is 0 Å². The van der Waals surface area contributed by atoms with Crippen LogP contribution in [0.4, 0.5) is 0 Å². The maximum absolute atomic E-state index is 10.8. The van der Waals surface area contributed by atoms with Gasteiger partial charge in [-0.05, 0) is 59.8 Å². The average Bonchev–Trinajstić information content (AvgIpc) is 3.25. The van der Waals surface area contributed by atoms with Gasteiger partial charge in [-0.25, -0.2) is 9.97 Å². The van der Waals surface area contributed by atoms with Gasteiger partial charge in [0.05, 0.1) is 41.7 Å². The highest BCUT2D eigenvalue weighted by Gasteiger charge is 2.12. The third kappa shape index (κ3) is 3.77. The first-order valence-electron chi connectivity index (χ1n) is 8.87. The number of hydrogen-bond donors (Lipinski definition) is 1. The molecule has 0 aliphatic heterocycles. The van der Waals surface area contributed by atoms with Crippen molar-refractivity contribution in [2.75, 3.05) is 0 Å². The molecule has 3 heterocycles. The first-order chi connectivity index (χ1) is 13.5. The van der Waals surface area contributed by atoms with Crippen LogP contribution in [0.1, 0.15) is 18.3 Å². The van der Waals surface area contributed by atoms with Crippen LogP contribution >= 0.6 is 22.6 Å². The maximum atomic E-state index is 10.8. The molecule has 0 radical (unpaired) electrons. The molecular formula is C20H18IN5O2. The van der Waals surface area contributed by atoms with Gasteiger partial charge < -0.3 is 14.2 Å². The van der Waals surface area contributed by atoms with Crippen LogP contribution < -0.4 is 0 Å². The number of halogens is 1. The zero-order valence-electron chi connectivity index (χ0n) is 15.2. The number of rotatable bonds is 6. The second-order valence-electron chi connectivity index (χ2n) is 6.46. The smallest absolute Gasteiger partial charge is 0.309 e. The second kappa shape index (κ2) is 7.70. The Morgan fingerprint density at radius 3 is 2.75 bits per heavy atom. The Balaban J connectivity index is 1.59. The number of aryl methyl sites for hydroxylation is 1. The van der Waals surface area contributed by atoms with Crippen molar-refractivity contribution in [2.24, 2.45) is 0 Å². The Hall–Kier alpha value is -2.75. The van der Waals surface area contributed by atoms with Gasteiger partial charge in [0.15, 0.2) is 0 Å². The molecule has 0 saturated heterocycles. The molecule has 8 heteroatoms. The fourth-order valence-corrected chi connectivity index (χ4v) is 3.69. The van der Waals surface area contributed by atoms with Crippen LogP contribution in [0.5, 0.6) is 0 Å². The molecule has 7 nitrogen and oxygen atoms in total. The largest absolute Gasteiger partial charge is 0.481 e. The summed E-state index contributed by atoms with van der Waals surface area (Å²) in [5.74, 6) is 0.0196. The van der Waals surface area contributed by atoms with E-state index in [0.717, 1.165) is 34.7 Å². The van der Waals surface area contributed by atoms with Gasteiger partial charge in [0, 0.05) is 28.1 Å². The summed E-state index contributed by atoms with van der Waals surface area (Å²) < 4.78 is 5.22. The van der Waals surface area contributed by atoms with E-state index in [1.54, 1.807) is 12.5 Å².